The summed E-state index contributed by atoms with van der Waals surface area (Å²) in [5.74, 6) is 0. The highest BCUT2D eigenvalue weighted by Gasteiger charge is 2.42. The maximum Gasteiger partial charge on any atom is 0.0628 e. The summed E-state index contributed by atoms with van der Waals surface area (Å²) in [6, 6.07) is 10.5. The number of halogens is 1. The lowest BCUT2D eigenvalue weighted by Crippen LogP contribution is -2.26. The molecule has 0 spiro atoms. The first-order chi connectivity index (χ1) is 8.15. The number of nitrogens with one attached hydrogen (secondary N) is 1. The van der Waals surface area contributed by atoms with Crippen molar-refractivity contribution < 1.29 is 0 Å². The van der Waals surface area contributed by atoms with Gasteiger partial charge < -0.3 is 5.32 Å². The lowest BCUT2D eigenvalue weighted by molar-refractivity contribution is 0.433. The lowest BCUT2D eigenvalue weighted by Gasteiger charge is -2.18. The van der Waals surface area contributed by atoms with E-state index < -0.39 is 0 Å². The van der Waals surface area contributed by atoms with Gasteiger partial charge in [0, 0.05) is 24.0 Å². The predicted molar refractivity (Wildman–Crippen MR) is 69.8 cm³/mol. The number of rotatable bonds is 5. The third-order valence-corrected chi connectivity index (χ3v) is 3.82. The van der Waals surface area contributed by atoms with E-state index in [-0.39, 0.29) is 5.41 Å². The Hall–Kier alpha value is -1.04. The molecule has 1 aromatic carbocycles. The largest absolute Gasteiger partial charge is 0.310 e. The molecule has 0 saturated heterocycles. The van der Waals surface area contributed by atoms with Crippen LogP contribution in [0.2, 0.25) is 5.02 Å². The highest BCUT2D eigenvalue weighted by molar-refractivity contribution is 6.30. The zero-order valence-electron chi connectivity index (χ0n) is 10.0. The minimum Gasteiger partial charge on any atom is -0.310 e. The van der Waals surface area contributed by atoms with Gasteiger partial charge in [-0.25, -0.2) is 0 Å². The molecule has 90 valence electrons. The summed E-state index contributed by atoms with van der Waals surface area (Å²) in [7, 11) is 0. The summed E-state index contributed by atoms with van der Waals surface area (Å²) in [6.45, 7) is 3.08. The second-order valence-corrected chi connectivity index (χ2v) is 5.43. The van der Waals surface area contributed by atoms with E-state index in [4.69, 9.17) is 16.9 Å². The molecule has 2 rings (SSSR count). The Kier molecular flexibility index (Phi) is 3.71. The second kappa shape index (κ2) is 5.08. The average Bonchev–Trinajstić information content (AvgIpc) is 3.08. The zero-order valence-corrected chi connectivity index (χ0v) is 10.8. The molecule has 1 aliphatic carbocycles. The topological polar surface area (TPSA) is 35.8 Å². The van der Waals surface area contributed by atoms with Crippen molar-refractivity contribution in [3.63, 3.8) is 0 Å². The molecule has 3 heteroatoms. The highest BCUT2D eigenvalue weighted by atomic mass is 35.5. The third kappa shape index (κ3) is 3.21. The summed E-state index contributed by atoms with van der Waals surface area (Å²) in [4.78, 5) is 0. The molecular formula is C14H17ClN2. The van der Waals surface area contributed by atoms with Crippen molar-refractivity contribution in [2.75, 3.05) is 6.54 Å². The van der Waals surface area contributed by atoms with Crippen molar-refractivity contribution in [1.82, 2.24) is 5.32 Å². The predicted octanol–water partition coefficient (Wildman–Crippen LogP) is 3.68. The van der Waals surface area contributed by atoms with Crippen molar-refractivity contribution in [1.29, 1.82) is 5.26 Å². The zero-order chi connectivity index (χ0) is 12.3. The van der Waals surface area contributed by atoms with Gasteiger partial charge in [-0.3, -0.25) is 0 Å². The molecule has 1 aliphatic rings. The Bertz CT molecular complexity index is 415. The molecule has 0 unspecified atom stereocenters. The fourth-order valence-corrected chi connectivity index (χ4v) is 2.13. The highest BCUT2D eigenvalue weighted by Crippen LogP contribution is 2.48. The molecule has 0 radical (unpaired) electrons. The van der Waals surface area contributed by atoms with Gasteiger partial charge in [0.2, 0.25) is 0 Å². The van der Waals surface area contributed by atoms with Crippen molar-refractivity contribution >= 4 is 11.6 Å². The Morgan fingerprint density at radius 1 is 1.41 bits per heavy atom. The van der Waals surface area contributed by atoms with Crippen LogP contribution in [-0.2, 0) is 0 Å². The first-order valence-electron chi connectivity index (χ1n) is 6.01. The summed E-state index contributed by atoms with van der Waals surface area (Å²) in [6.07, 6.45) is 3.04. The Labute approximate surface area is 108 Å². The van der Waals surface area contributed by atoms with Crippen molar-refractivity contribution in [3.8, 4) is 6.07 Å². The lowest BCUT2D eigenvalue weighted by atomic mass is 10.0. The first kappa shape index (κ1) is 12.4. The maximum atomic E-state index is 8.76. The smallest absolute Gasteiger partial charge is 0.0628 e. The van der Waals surface area contributed by atoms with Crippen molar-refractivity contribution in [2.24, 2.45) is 5.41 Å². The number of nitrogens with zero attached hydrogens (tertiary/aromatic N) is 1. The van der Waals surface area contributed by atoms with Crippen LogP contribution in [0.5, 0.6) is 0 Å². The van der Waals surface area contributed by atoms with Crippen LogP contribution in [-0.4, -0.2) is 6.54 Å². The van der Waals surface area contributed by atoms with Crippen LogP contribution in [0.25, 0.3) is 0 Å². The van der Waals surface area contributed by atoms with E-state index >= 15 is 0 Å². The number of nitriles is 1. The molecule has 17 heavy (non-hydrogen) atoms. The van der Waals surface area contributed by atoms with Crippen molar-refractivity contribution in [3.05, 3.63) is 34.9 Å². The Morgan fingerprint density at radius 3 is 2.59 bits per heavy atom. The second-order valence-electron chi connectivity index (χ2n) is 4.99. The SMILES string of the molecule is C[C@H](NCC1(CC#N)CC1)c1ccc(Cl)cc1. The molecule has 0 bridgehead atoms. The van der Waals surface area contributed by atoms with E-state index in [0.29, 0.717) is 12.5 Å². The van der Waals surface area contributed by atoms with Crippen LogP contribution in [0.4, 0.5) is 0 Å². The molecule has 0 heterocycles. The summed E-state index contributed by atoms with van der Waals surface area (Å²) in [5, 5.41) is 13.0. The molecular weight excluding hydrogens is 232 g/mol. The van der Waals surface area contributed by atoms with Gasteiger partial charge >= 0.3 is 0 Å². The maximum absolute atomic E-state index is 8.76. The number of hydrogen-bond acceptors (Lipinski definition) is 2. The molecule has 1 N–H and O–H groups in total. The van der Waals surface area contributed by atoms with Gasteiger partial charge in [0.15, 0.2) is 0 Å². The molecule has 1 aromatic rings. The molecule has 0 aromatic heterocycles. The monoisotopic (exact) mass is 248 g/mol. The normalized spacial score (nSPS) is 18.4. The first-order valence-corrected chi connectivity index (χ1v) is 6.39. The standard InChI is InChI=1S/C14H17ClN2/c1-11(12-2-4-13(15)5-3-12)17-10-14(6-7-14)8-9-16/h2-5,11,17H,6-8,10H2,1H3/t11-/m0/s1. The molecule has 1 fully saturated rings. The van der Waals surface area contributed by atoms with Crippen LogP contribution in [0, 0.1) is 16.7 Å². The Balaban J connectivity index is 1.87. The van der Waals surface area contributed by atoms with Crippen LogP contribution in [0.3, 0.4) is 0 Å². The molecule has 1 saturated carbocycles. The van der Waals surface area contributed by atoms with E-state index in [9.17, 15) is 0 Å². The third-order valence-electron chi connectivity index (χ3n) is 3.56. The van der Waals surface area contributed by atoms with E-state index in [0.717, 1.165) is 11.6 Å². The van der Waals surface area contributed by atoms with Crippen LogP contribution < -0.4 is 5.32 Å². The summed E-state index contributed by atoms with van der Waals surface area (Å²) in [5.41, 5.74) is 1.50. The van der Waals surface area contributed by atoms with Crippen LogP contribution in [0.1, 0.15) is 37.8 Å². The van der Waals surface area contributed by atoms with E-state index in [1.165, 1.54) is 18.4 Å². The van der Waals surface area contributed by atoms with Crippen molar-refractivity contribution in [2.45, 2.75) is 32.2 Å². The number of hydrogen-bond donors (Lipinski definition) is 1. The summed E-state index contributed by atoms with van der Waals surface area (Å²) >= 11 is 5.86. The summed E-state index contributed by atoms with van der Waals surface area (Å²) < 4.78 is 0. The van der Waals surface area contributed by atoms with Gasteiger partial charge in [0.05, 0.1) is 6.07 Å². The molecule has 2 nitrogen and oxygen atoms in total. The van der Waals surface area contributed by atoms with Gasteiger partial charge in [-0.05, 0) is 42.9 Å². The fraction of sp³-hybridized carbons (Fsp3) is 0.500. The van der Waals surface area contributed by atoms with Crippen LogP contribution in [0.15, 0.2) is 24.3 Å². The molecule has 0 amide bonds. The average molecular weight is 249 g/mol. The van der Waals surface area contributed by atoms with Crippen LogP contribution >= 0.6 is 11.6 Å². The van der Waals surface area contributed by atoms with Gasteiger partial charge in [-0.1, -0.05) is 23.7 Å². The van der Waals surface area contributed by atoms with Gasteiger partial charge in [-0.15, -0.1) is 0 Å². The molecule has 0 aliphatic heterocycles. The van der Waals surface area contributed by atoms with Gasteiger partial charge in [-0.2, -0.15) is 5.26 Å². The van der Waals surface area contributed by atoms with Gasteiger partial charge in [0.25, 0.3) is 0 Å². The van der Waals surface area contributed by atoms with E-state index in [1.807, 2.05) is 24.3 Å². The minimum atomic E-state index is 0.259. The quantitative estimate of drug-likeness (QED) is 0.863. The molecule has 1 atom stereocenters. The fourth-order valence-electron chi connectivity index (χ4n) is 2.00. The van der Waals surface area contributed by atoms with E-state index in [2.05, 4.69) is 18.3 Å². The number of benzene rings is 1. The van der Waals surface area contributed by atoms with E-state index in [1.54, 1.807) is 0 Å². The minimum absolute atomic E-state index is 0.259. The Morgan fingerprint density at radius 2 is 2.06 bits per heavy atom. The van der Waals surface area contributed by atoms with Gasteiger partial charge in [0.1, 0.15) is 0 Å².